The lowest BCUT2D eigenvalue weighted by Crippen LogP contribution is -2.37. The quantitative estimate of drug-likeness (QED) is 0.634. The van der Waals surface area contributed by atoms with Crippen molar-refractivity contribution in [2.75, 3.05) is 26.2 Å². The minimum Gasteiger partial charge on any atom is -0.341 e. The van der Waals surface area contributed by atoms with Gasteiger partial charge in [0.05, 0.1) is 5.92 Å². The van der Waals surface area contributed by atoms with Crippen LogP contribution in [0.3, 0.4) is 0 Å². The van der Waals surface area contributed by atoms with E-state index in [0.29, 0.717) is 0 Å². The molecule has 0 bridgehead atoms. The average Bonchev–Trinajstić information content (AvgIpc) is 2.94. The van der Waals surface area contributed by atoms with Gasteiger partial charge < -0.3 is 4.90 Å². The Morgan fingerprint density at radius 3 is 2.37 bits per heavy atom. The van der Waals surface area contributed by atoms with Gasteiger partial charge in [0, 0.05) is 57.5 Å². The third-order valence-electron chi connectivity index (χ3n) is 5.79. The van der Waals surface area contributed by atoms with Crippen molar-refractivity contribution in [3.8, 4) is 11.1 Å². The first-order valence-electron chi connectivity index (χ1n) is 10.6. The van der Waals surface area contributed by atoms with Crippen molar-refractivity contribution >= 4 is 5.91 Å². The first kappa shape index (κ1) is 20.2. The zero-order valence-electron chi connectivity index (χ0n) is 17.4. The van der Waals surface area contributed by atoms with Gasteiger partial charge in [-0.05, 0) is 53.8 Å². The SMILES string of the molecule is CCN1CCN(Cc2cccnc2)C[C@H](Cc2ccc(-c3ccncc3)cc2)C1=O. The molecule has 1 aliphatic rings. The maximum absolute atomic E-state index is 13.1. The van der Waals surface area contributed by atoms with Crippen LogP contribution in [-0.2, 0) is 17.8 Å². The van der Waals surface area contributed by atoms with E-state index in [1.54, 1.807) is 6.20 Å². The van der Waals surface area contributed by atoms with E-state index < -0.39 is 0 Å². The van der Waals surface area contributed by atoms with Crippen molar-refractivity contribution in [2.45, 2.75) is 19.9 Å². The van der Waals surface area contributed by atoms with Crippen molar-refractivity contribution in [1.82, 2.24) is 19.8 Å². The van der Waals surface area contributed by atoms with Gasteiger partial charge in [0.15, 0.2) is 0 Å². The van der Waals surface area contributed by atoms with Crippen LogP contribution in [0.4, 0.5) is 0 Å². The van der Waals surface area contributed by atoms with Gasteiger partial charge in [-0.1, -0.05) is 30.3 Å². The van der Waals surface area contributed by atoms with Crippen molar-refractivity contribution < 1.29 is 4.79 Å². The Kier molecular flexibility index (Phi) is 6.50. The van der Waals surface area contributed by atoms with Crippen LogP contribution in [-0.4, -0.2) is 51.9 Å². The molecule has 3 aromatic rings. The van der Waals surface area contributed by atoms with E-state index in [1.165, 1.54) is 16.7 Å². The Balaban J connectivity index is 1.49. The maximum atomic E-state index is 13.1. The second-order valence-corrected chi connectivity index (χ2v) is 7.85. The van der Waals surface area contributed by atoms with Gasteiger partial charge in [0.2, 0.25) is 5.91 Å². The molecule has 0 unspecified atom stereocenters. The predicted octanol–water partition coefficient (Wildman–Crippen LogP) is 3.67. The fraction of sp³-hybridized carbons (Fsp3) is 0.320. The summed E-state index contributed by atoms with van der Waals surface area (Å²) in [6.45, 7) is 6.11. The first-order valence-corrected chi connectivity index (χ1v) is 10.6. The maximum Gasteiger partial charge on any atom is 0.227 e. The summed E-state index contributed by atoms with van der Waals surface area (Å²) in [6.07, 6.45) is 8.09. The topological polar surface area (TPSA) is 49.3 Å². The molecule has 1 amide bonds. The number of likely N-dealkylation sites (N-methyl/N-ethyl adjacent to an activating group) is 1. The Morgan fingerprint density at radius 1 is 0.900 bits per heavy atom. The van der Waals surface area contributed by atoms with Gasteiger partial charge in [-0.3, -0.25) is 19.7 Å². The van der Waals surface area contributed by atoms with Crippen molar-refractivity contribution in [3.63, 3.8) is 0 Å². The highest BCUT2D eigenvalue weighted by Crippen LogP contribution is 2.22. The molecule has 5 heteroatoms. The summed E-state index contributed by atoms with van der Waals surface area (Å²) >= 11 is 0. The largest absolute Gasteiger partial charge is 0.341 e. The van der Waals surface area contributed by atoms with Crippen molar-refractivity contribution in [2.24, 2.45) is 5.92 Å². The molecule has 0 N–H and O–H groups in total. The standard InChI is InChI=1S/C25H28N4O/c1-2-29-15-14-28(18-21-4-3-11-27-17-21)19-24(25(29)30)16-20-5-7-22(8-6-20)23-9-12-26-13-10-23/h3-13,17,24H,2,14-16,18-19H2,1H3/t24-/m0/s1. The molecule has 1 aromatic carbocycles. The average molecular weight is 401 g/mol. The second kappa shape index (κ2) is 9.63. The van der Waals surface area contributed by atoms with Crippen LogP contribution < -0.4 is 0 Å². The summed E-state index contributed by atoms with van der Waals surface area (Å²) in [7, 11) is 0. The van der Waals surface area contributed by atoms with Crippen LogP contribution in [0.2, 0.25) is 0 Å². The van der Waals surface area contributed by atoms with Crippen LogP contribution in [0.25, 0.3) is 11.1 Å². The minimum atomic E-state index is -0.0316. The third-order valence-corrected chi connectivity index (χ3v) is 5.79. The molecular weight excluding hydrogens is 372 g/mol. The highest BCUT2D eigenvalue weighted by Gasteiger charge is 2.29. The monoisotopic (exact) mass is 400 g/mol. The van der Waals surface area contributed by atoms with Gasteiger partial charge in [-0.25, -0.2) is 0 Å². The number of carbonyl (C=O) groups excluding carboxylic acids is 1. The Morgan fingerprint density at radius 2 is 1.67 bits per heavy atom. The number of rotatable bonds is 6. The molecule has 5 nitrogen and oxygen atoms in total. The number of hydrogen-bond acceptors (Lipinski definition) is 4. The lowest BCUT2D eigenvalue weighted by atomic mass is 9.95. The lowest BCUT2D eigenvalue weighted by molar-refractivity contribution is -0.134. The fourth-order valence-corrected chi connectivity index (χ4v) is 4.13. The normalized spacial score (nSPS) is 17.7. The first-order chi connectivity index (χ1) is 14.7. The second-order valence-electron chi connectivity index (χ2n) is 7.85. The van der Waals surface area contributed by atoms with Gasteiger partial charge in [0.25, 0.3) is 0 Å². The predicted molar refractivity (Wildman–Crippen MR) is 119 cm³/mol. The summed E-state index contributed by atoms with van der Waals surface area (Å²) < 4.78 is 0. The molecule has 0 spiro atoms. The summed E-state index contributed by atoms with van der Waals surface area (Å²) in [4.78, 5) is 25.9. The summed E-state index contributed by atoms with van der Waals surface area (Å²) in [6, 6.07) is 16.7. The molecule has 4 rings (SSSR count). The molecule has 3 heterocycles. The van der Waals surface area contributed by atoms with Crippen LogP contribution in [0.1, 0.15) is 18.1 Å². The number of pyridine rings is 2. The molecular formula is C25H28N4O. The molecule has 0 saturated carbocycles. The van der Waals surface area contributed by atoms with Crippen molar-refractivity contribution in [3.05, 3.63) is 84.4 Å². The van der Waals surface area contributed by atoms with Crippen LogP contribution in [0.15, 0.2) is 73.3 Å². The van der Waals surface area contributed by atoms with E-state index in [4.69, 9.17) is 0 Å². The zero-order chi connectivity index (χ0) is 20.8. The molecule has 1 fully saturated rings. The van der Waals surface area contributed by atoms with E-state index in [-0.39, 0.29) is 11.8 Å². The number of aromatic nitrogens is 2. The van der Waals surface area contributed by atoms with Gasteiger partial charge in [-0.15, -0.1) is 0 Å². The Labute approximate surface area is 178 Å². The number of amides is 1. The van der Waals surface area contributed by atoms with E-state index in [0.717, 1.165) is 44.7 Å². The van der Waals surface area contributed by atoms with Crippen LogP contribution in [0, 0.1) is 5.92 Å². The zero-order valence-corrected chi connectivity index (χ0v) is 17.4. The molecule has 154 valence electrons. The van der Waals surface area contributed by atoms with Gasteiger partial charge in [-0.2, -0.15) is 0 Å². The summed E-state index contributed by atoms with van der Waals surface area (Å²) in [5.41, 5.74) is 4.71. The number of benzene rings is 1. The molecule has 1 atom stereocenters. The van der Waals surface area contributed by atoms with Crippen LogP contribution in [0.5, 0.6) is 0 Å². The van der Waals surface area contributed by atoms with Crippen LogP contribution >= 0.6 is 0 Å². The van der Waals surface area contributed by atoms with Crippen molar-refractivity contribution in [1.29, 1.82) is 0 Å². The molecule has 0 aliphatic carbocycles. The van der Waals surface area contributed by atoms with Gasteiger partial charge in [0.1, 0.15) is 0 Å². The Bertz CT molecular complexity index is 944. The molecule has 0 radical (unpaired) electrons. The highest BCUT2D eigenvalue weighted by atomic mass is 16.2. The minimum absolute atomic E-state index is 0.0316. The van der Waals surface area contributed by atoms with E-state index in [2.05, 4.69) is 52.1 Å². The summed E-state index contributed by atoms with van der Waals surface area (Å²) in [5, 5.41) is 0. The number of hydrogen-bond donors (Lipinski definition) is 0. The number of nitrogens with zero attached hydrogens (tertiary/aromatic N) is 4. The molecule has 30 heavy (non-hydrogen) atoms. The number of carbonyl (C=O) groups is 1. The fourth-order valence-electron chi connectivity index (χ4n) is 4.13. The smallest absolute Gasteiger partial charge is 0.227 e. The molecule has 1 saturated heterocycles. The lowest BCUT2D eigenvalue weighted by Gasteiger charge is -2.23. The third kappa shape index (κ3) is 4.92. The van der Waals surface area contributed by atoms with E-state index >= 15 is 0 Å². The molecule has 2 aromatic heterocycles. The summed E-state index contributed by atoms with van der Waals surface area (Å²) in [5.74, 6) is 0.236. The Hall–Kier alpha value is -3.05. The molecule has 1 aliphatic heterocycles. The highest BCUT2D eigenvalue weighted by molar-refractivity contribution is 5.79. The van der Waals surface area contributed by atoms with E-state index in [1.807, 2.05) is 41.7 Å². The van der Waals surface area contributed by atoms with E-state index in [9.17, 15) is 4.79 Å². The van der Waals surface area contributed by atoms with Gasteiger partial charge >= 0.3 is 0 Å².